The number of hydrogen-bond acceptors (Lipinski definition) is 9. The first-order valence-electron chi connectivity index (χ1n) is 12.7. The topological polar surface area (TPSA) is 137 Å². The number of aromatic amines is 1. The lowest BCUT2D eigenvalue weighted by atomic mass is 10.1. The highest BCUT2D eigenvalue weighted by atomic mass is 19.1. The van der Waals surface area contributed by atoms with Gasteiger partial charge in [0.25, 0.3) is 0 Å². The summed E-state index contributed by atoms with van der Waals surface area (Å²) in [6, 6.07) is 8.67. The van der Waals surface area contributed by atoms with Gasteiger partial charge in [0.1, 0.15) is 11.7 Å². The third-order valence-electron chi connectivity index (χ3n) is 6.87. The molecule has 5 N–H and O–H groups in total. The molecule has 0 radical (unpaired) electrons. The number of halogens is 1. The van der Waals surface area contributed by atoms with Gasteiger partial charge in [-0.25, -0.2) is 14.4 Å². The summed E-state index contributed by atoms with van der Waals surface area (Å²) in [5.41, 5.74) is 8.95. The summed E-state index contributed by atoms with van der Waals surface area (Å²) in [5, 5.41) is 6.82. The van der Waals surface area contributed by atoms with Gasteiger partial charge in [0, 0.05) is 57.0 Å². The summed E-state index contributed by atoms with van der Waals surface area (Å²) in [5.74, 6) is -0.496. The van der Waals surface area contributed by atoms with Crippen molar-refractivity contribution in [3.63, 3.8) is 0 Å². The average Bonchev–Trinajstić information content (AvgIpc) is 3.39. The third-order valence-corrected chi connectivity index (χ3v) is 6.87. The minimum absolute atomic E-state index is 0.128. The predicted octanol–water partition coefficient (Wildman–Crippen LogP) is 2.56. The number of benzene rings is 1. The second-order valence-electron chi connectivity index (χ2n) is 9.49. The number of H-pyrrole nitrogens is 1. The fourth-order valence-corrected chi connectivity index (χ4v) is 4.67. The van der Waals surface area contributed by atoms with Gasteiger partial charge < -0.3 is 31.0 Å². The zero-order valence-corrected chi connectivity index (χ0v) is 21.9. The van der Waals surface area contributed by atoms with Gasteiger partial charge in [-0.3, -0.25) is 14.7 Å². The normalized spacial score (nSPS) is 15.4. The van der Waals surface area contributed by atoms with Crippen LogP contribution in [0.5, 0.6) is 0 Å². The van der Waals surface area contributed by atoms with E-state index in [9.17, 15) is 9.18 Å². The standard InChI is InChI=1S/C27H32FN9O2/c1-36-8-10-37(11-9-36)23(16-39-2)26(38)34-22-5-3-4-19-20(14-31-25(19)22)24-21(28)15-32-27(35-24)33-18-7-6-17(12-29)30-13-18/h3-7,13-15,23,31H,8-12,16,29H2,1-2H3,(H,34,38)(H,32,33,35)/t23-/m1/s1. The summed E-state index contributed by atoms with van der Waals surface area (Å²) in [4.78, 5) is 33.7. The molecule has 1 aromatic carbocycles. The van der Waals surface area contributed by atoms with Gasteiger partial charge in [-0.05, 0) is 25.2 Å². The maximum atomic E-state index is 14.9. The number of carbonyl (C=O) groups excluding carboxylic acids is 1. The summed E-state index contributed by atoms with van der Waals surface area (Å²) in [6.45, 7) is 3.97. The molecule has 0 spiro atoms. The molecule has 12 heteroatoms. The third kappa shape index (κ3) is 5.88. The van der Waals surface area contributed by atoms with Crippen molar-refractivity contribution in [1.29, 1.82) is 0 Å². The number of pyridine rings is 1. The Morgan fingerprint density at radius 1 is 1.18 bits per heavy atom. The van der Waals surface area contributed by atoms with Gasteiger partial charge in [-0.1, -0.05) is 12.1 Å². The molecule has 0 bridgehead atoms. The van der Waals surface area contributed by atoms with E-state index in [0.717, 1.165) is 38.1 Å². The Labute approximate surface area is 225 Å². The molecule has 3 aromatic heterocycles. The van der Waals surface area contributed by atoms with E-state index in [0.29, 0.717) is 34.4 Å². The van der Waals surface area contributed by atoms with Crippen LogP contribution in [0.4, 0.5) is 21.7 Å². The number of hydrogen-bond donors (Lipinski definition) is 4. The molecule has 0 unspecified atom stereocenters. The molecule has 4 heterocycles. The van der Waals surface area contributed by atoms with Crippen molar-refractivity contribution >= 4 is 34.1 Å². The van der Waals surface area contributed by atoms with Crippen LogP contribution in [0.2, 0.25) is 0 Å². The number of nitrogens with zero attached hydrogens (tertiary/aromatic N) is 5. The molecule has 204 valence electrons. The Bertz CT molecular complexity index is 1440. The molecule has 5 rings (SSSR count). The number of nitrogens with one attached hydrogen (secondary N) is 3. The second-order valence-corrected chi connectivity index (χ2v) is 9.49. The van der Waals surface area contributed by atoms with E-state index in [1.807, 2.05) is 18.2 Å². The van der Waals surface area contributed by atoms with Crippen molar-refractivity contribution in [2.75, 3.05) is 57.6 Å². The van der Waals surface area contributed by atoms with Crippen LogP contribution >= 0.6 is 0 Å². The van der Waals surface area contributed by atoms with E-state index in [1.165, 1.54) is 0 Å². The van der Waals surface area contributed by atoms with Crippen LogP contribution in [0.1, 0.15) is 5.69 Å². The molecular weight excluding hydrogens is 501 g/mol. The number of piperazine rings is 1. The highest BCUT2D eigenvalue weighted by molar-refractivity contribution is 6.06. The quantitative estimate of drug-likeness (QED) is 0.256. The first-order valence-corrected chi connectivity index (χ1v) is 12.7. The molecule has 4 aromatic rings. The molecule has 1 aliphatic heterocycles. The number of amides is 1. The lowest BCUT2D eigenvalue weighted by Crippen LogP contribution is -2.54. The van der Waals surface area contributed by atoms with Crippen LogP contribution in [-0.2, 0) is 16.1 Å². The molecule has 1 amide bonds. The Morgan fingerprint density at radius 2 is 2.00 bits per heavy atom. The zero-order valence-electron chi connectivity index (χ0n) is 21.9. The highest BCUT2D eigenvalue weighted by Crippen LogP contribution is 2.33. The van der Waals surface area contributed by atoms with Crippen molar-refractivity contribution < 1.29 is 13.9 Å². The van der Waals surface area contributed by atoms with Gasteiger partial charge in [0.15, 0.2) is 5.82 Å². The van der Waals surface area contributed by atoms with Crippen LogP contribution in [-0.4, -0.2) is 88.6 Å². The van der Waals surface area contributed by atoms with Crippen LogP contribution in [0.25, 0.3) is 22.2 Å². The molecule has 0 saturated carbocycles. The maximum absolute atomic E-state index is 14.9. The number of fused-ring (bicyclic) bond motifs is 1. The minimum Gasteiger partial charge on any atom is -0.383 e. The Hall–Kier alpha value is -3.97. The Morgan fingerprint density at radius 3 is 2.72 bits per heavy atom. The van der Waals surface area contributed by atoms with Crippen LogP contribution in [0, 0.1) is 5.82 Å². The lowest BCUT2D eigenvalue weighted by molar-refractivity contribution is -0.124. The number of anilines is 3. The molecule has 39 heavy (non-hydrogen) atoms. The summed E-state index contributed by atoms with van der Waals surface area (Å²) >= 11 is 0. The number of para-hydroxylation sites is 1. The Balaban J connectivity index is 1.39. The predicted molar refractivity (Wildman–Crippen MR) is 148 cm³/mol. The van der Waals surface area contributed by atoms with E-state index >= 15 is 0 Å². The van der Waals surface area contributed by atoms with E-state index in [-0.39, 0.29) is 24.2 Å². The number of methoxy groups -OCH3 is 1. The fraction of sp³-hybridized carbons (Fsp3) is 0.333. The first kappa shape index (κ1) is 26.6. The Kier molecular flexibility index (Phi) is 8.07. The van der Waals surface area contributed by atoms with Gasteiger partial charge in [0.2, 0.25) is 11.9 Å². The molecular formula is C27H32FN9O2. The van der Waals surface area contributed by atoms with Crippen LogP contribution < -0.4 is 16.4 Å². The van der Waals surface area contributed by atoms with Gasteiger partial charge in [-0.2, -0.15) is 0 Å². The highest BCUT2D eigenvalue weighted by Gasteiger charge is 2.29. The maximum Gasteiger partial charge on any atom is 0.244 e. The van der Waals surface area contributed by atoms with Gasteiger partial charge >= 0.3 is 0 Å². The smallest absolute Gasteiger partial charge is 0.244 e. The minimum atomic E-state index is -0.567. The van der Waals surface area contributed by atoms with E-state index < -0.39 is 11.9 Å². The van der Waals surface area contributed by atoms with E-state index in [1.54, 1.807) is 31.6 Å². The lowest BCUT2D eigenvalue weighted by Gasteiger charge is -2.36. The zero-order chi connectivity index (χ0) is 27.4. The summed E-state index contributed by atoms with van der Waals surface area (Å²) in [7, 11) is 3.67. The van der Waals surface area contributed by atoms with Crippen molar-refractivity contribution in [2.24, 2.45) is 5.73 Å². The molecule has 1 fully saturated rings. The molecule has 1 saturated heterocycles. The van der Waals surface area contributed by atoms with Crippen molar-refractivity contribution in [3.05, 3.63) is 60.4 Å². The number of likely N-dealkylation sites (N-methyl/N-ethyl adjacent to an activating group) is 1. The number of carbonyl (C=O) groups is 1. The van der Waals surface area contributed by atoms with Crippen molar-refractivity contribution in [2.45, 2.75) is 12.6 Å². The summed E-state index contributed by atoms with van der Waals surface area (Å²) in [6.07, 6.45) is 4.43. The number of aromatic nitrogens is 4. The number of ether oxygens (including phenoxy) is 1. The molecule has 11 nitrogen and oxygen atoms in total. The molecule has 0 aliphatic carbocycles. The van der Waals surface area contributed by atoms with Crippen molar-refractivity contribution in [1.82, 2.24) is 29.7 Å². The van der Waals surface area contributed by atoms with Gasteiger partial charge in [-0.15, -0.1) is 0 Å². The second kappa shape index (κ2) is 11.8. The van der Waals surface area contributed by atoms with Crippen LogP contribution in [0.15, 0.2) is 48.9 Å². The number of rotatable bonds is 9. The van der Waals surface area contributed by atoms with E-state index in [4.69, 9.17) is 10.5 Å². The first-order chi connectivity index (χ1) is 19.0. The van der Waals surface area contributed by atoms with Crippen molar-refractivity contribution in [3.8, 4) is 11.3 Å². The molecule has 1 aliphatic rings. The van der Waals surface area contributed by atoms with E-state index in [2.05, 4.69) is 47.4 Å². The van der Waals surface area contributed by atoms with Crippen LogP contribution in [0.3, 0.4) is 0 Å². The van der Waals surface area contributed by atoms with Gasteiger partial charge in [0.05, 0.1) is 41.6 Å². The SMILES string of the molecule is COC[C@H](C(=O)Nc1cccc2c(-c3nc(Nc4ccc(CN)nc4)ncc3F)c[nH]c12)N1CCN(C)CC1. The monoisotopic (exact) mass is 533 g/mol. The number of nitrogens with two attached hydrogens (primary N) is 1. The summed E-state index contributed by atoms with van der Waals surface area (Å²) < 4.78 is 20.3. The fourth-order valence-electron chi connectivity index (χ4n) is 4.67. The molecule has 1 atom stereocenters. The average molecular weight is 534 g/mol. The largest absolute Gasteiger partial charge is 0.383 e.